The topological polar surface area (TPSA) is 55.2 Å². The Kier molecular flexibility index (Phi) is 5.32. The van der Waals surface area contributed by atoms with Crippen LogP contribution in [0.15, 0.2) is 18.2 Å². The van der Waals surface area contributed by atoms with Gasteiger partial charge in [0.1, 0.15) is 0 Å². The van der Waals surface area contributed by atoms with E-state index in [4.69, 9.17) is 0 Å². The Labute approximate surface area is 131 Å². The molecule has 104 valence electrons. The highest BCUT2D eigenvalue weighted by Gasteiger charge is 2.24. The first kappa shape index (κ1) is 14.9. The predicted molar refractivity (Wildman–Crippen MR) is 89.0 cm³/mol. The highest BCUT2D eigenvalue weighted by molar-refractivity contribution is 14.1. The number of non-ortho nitro benzene ring substituents is 1. The van der Waals surface area contributed by atoms with Crippen molar-refractivity contribution in [1.29, 1.82) is 0 Å². The number of rotatable bonds is 5. The van der Waals surface area contributed by atoms with E-state index >= 15 is 0 Å². The molecule has 1 aromatic carbocycles. The zero-order valence-corrected chi connectivity index (χ0v) is 13.7. The van der Waals surface area contributed by atoms with Gasteiger partial charge in [-0.2, -0.15) is 11.8 Å². The Balaban J connectivity index is 1.98. The lowest BCUT2D eigenvalue weighted by Crippen LogP contribution is -2.16. The number of benzene rings is 1. The quantitative estimate of drug-likeness (QED) is 0.462. The molecule has 0 spiro atoms. The molecule has 1 N–H and O–H groups in total. The number of nitro benzene ring substituents is 1. The third kappa shape index (κ3) is 3.98. The number of anilines is 1. The van der Waals surface area contributed by atoms with Gasteiger partial charge < -0.3 is 5.32 Å². The van der Waals surface area contributed by atoms with Crippen LogP contribution in [0.2, 0.25) is 0 Å². The van der Waals surface area contributed by atoms with E-state index in [1.54, 1.807) is 12.1 Å². The fraction of sp³-hybridized carbons (Fsp3) is 0.538. The lowest BCUT2D eigenvalue weighted by molar-refractivity contribution is -0.384. The van der Waals surface area contributed by atoms with Crippen LogP contribution in [0, 0.1) is 13.7 Å². The summed E-state index contributed by atoms with van der Waals surface area (Å²) in [6.07, 6.45) is 3.63. The number of hydrogen-bond acceptors (Lipinski definition) is 4. The van der Waals surface area contributed by atoms with E-state index in [1.165, 1.54) is 25.0 Å². The summed E-state index contributed by atoms with van der Waals surface area (Å²) in [6, 6.07) is 5.51. The number of thioether (sulfide) groups is 1. The van der Waals surface area contributed by atoms with Crippen molar-refractivity contribution >= 4 is 45.7 Å². The summed E-state index contributed by atoms with van der Waals surface area (Å²) >= 11 is 4.19. The highest BCUT2D eigenvalue weighted by atomic mass is 127. The molecule has 1 aliphatic rings. The van der Waals surface area contributed by atoms with Crippen molar-refractivity contribution in [1.82, 2.24) is 0 Å². The summed E-state index contributed by atoms with van der Waals surface area (Å²) in [6.45, 7) is 2.20. The molecule has 0 aromatic heterocycles. The van der Waals surface area contributed by atoms with Crippen LogP contribution in [0.4, 0.5) is 11.4 Å². The minimum Gasteiger partial charge on any atom is -0.381 e. The molecule has 6 heteroatoms. The van der Waals surface area contributed by atoms with Crippen LogP contribution in [0.5, 0.6) is 0 Å². The van der Waals surface area contributed by atoms with Crippen LogP contribution >= 0.6 is 34.4 Å². The molecule has 19 heavy (non-hydrogen) atoms. The summed E-state index contributed by atoms with van der Waals surface area (Å²) in [5.41, 5.74) is 1.17. The van der Waals surface area contributed by atoms with Crippen LogP contribution < -0.4 is 5.32 Å². The fourth-order valence-electron chi connectivity index (χ4n) is 2.41. The van der Waals surface area contributed by atoms with Gasteiger partial charge >= 0.3 is 0 Å². The largest absolute Gasteiger partial charge is 0.381 e. The number of nitro groups is 1. The van der Waals surface area contributed by atoms with E-state index in [2.05, 4.69) is 34.8 Å². The molecule has 1 fully saturated rings. The molecule has 1 aromatic rings. The van der Waals surface area contributed by atoms with Crippen LogP contribution in [0.25, 0.3) is 0 Å². The zero-order valence-electron chi connectivity index (χ0n) is 10.8. The number of nitrogens with zero attached hydrogens (tertiary/aromatic N) is 1. The van der Waals surface area contributed by atoms with E-state index in [9.17, 15) is 10.1 Å². The van der Waals surface area contributed by atoms with Gasteiger partial charge in [0.25, 0.3) is 5.69 Å². The molecule has 2 atom stereocenters. The third-order valence-electron chi connectivity index (χ3n) is 3.31. The molecule has 2 rings (SSSR count). The van der Waals surface area contributed by atoms with Gasteiger partial charge in [-0.25, -0.2) is 0 Å². The van der Waals surface area contributed by atoms with E-state index in [0.29, 0.717) is 6.04 Å². The SMILES string of the molecule is CCSC1CCC(Nc2ccc([N+](=O)[O-])cc2I)C1. The molecule has 0 saturated heterocycles. The van der Waals surface area contributed by atoms with E-state index in [-0.39, 0.29) is 10.6 Å². The Hall–Kier alpha value is -0.500. The van der Waals surface area contributed by atoms with Crippen molar-refractivity contribution in [2.45, 2.75) is 37.5 Å². The van der Waals surface area contributed by atoms with Gasteiger partial charge in [-0.15, -0.1) is 0 Å². The summed E-state index contributed by atoms with van der Waals surface area (Å²) in [5.74, 6) is 1.17. The van der Waals surface area contributed by atoms with Gasteiger partial charge in [0.2, 0.25) is 0 Å². The van der Waals surface area contributed by atoms with Gasteiger partial charge in [0.05, 0.1) is 4.92 Å². The first-order valence-electron chi connectivity index (χ1n) is 6.42. The van der Waals surface area contributed by atoms with Gasteiger partial charge in [-0.05, 0) is 53.7 Å². The minimum atomic E-state index is -0.352. The van der Waals surface area contributed by atoms with Crippen molar-refractivity contribution in [3.05, 3.63) is 31.9 Å². The van der Waals surface area contributed by atoms with Crippen molar-refractivity contribution in [2.24, 2.45) is 0 Å². The number of halogens is 1. The van der Waals surface area contributed by atoms with Gasteiger partial charge in [-0.1, -0.05) is 6.92 Å². The summed E-state index contributed by atoms with van der Waals surface area (Å²) in [7, 11) is 0. The standard InChI is InChI=1S/C13H17IN2O2S/c1-2-19-11-5-3-9(7-11)15-13-6-4-10(16(17)18)8-12(13)14/h4,6,8-9,11,15H,2-3,5,7H2,1H3. The fourth-order valence-corrected chi connectivity index (χ4v) is 4.21. The third-order valence-corrected chi connectivity index (χ3v) is 5.44. The monoisotopic (exact) mass is 392 g/mol. The van der Waals surface area contributed by atoms with Gasteiger partial charge in [0.15, 0.2) is 0 Å². The maximum atomic E-state index is 10.7. The first-order chi connectivity index (χ1) is 9.10. The molecule has 1 aliphatic carbocycles. The smallest absolute Gasteiger partial charge is 0.270 e. The molecule has 0 heterocycles. The first-order valence-corrected chi connectivity index (χ1v) is 8.55. The molecule has 2 unspecified atom stereocenters. The molecule has 0 radical (unpaired) electrons. The maximum Gasteiger partial charge on any atom is 0.270 e. The molecule has 0 amide bonds. The lowest BCUT2D eigenvalue weighted by Gasteiger charge is -2.15. The molecule has 1 saturated carbocycles. The number of hydrogen-bond donors (Lipinski definition) is 1. The summed E-state index contributed by atoms with van der Waals surface area (Å²) in [4.78, 5) is 10.4. The van der Waals surface area contributed by atoms with E-state index in [0.717, 1.165) is 14.5 Å². The molecule has 0 bridgehead atoms. The molecule has 0 aliphatic heterocycles. The van der Waals surface area contributed by atoms with Crippen LogP contribution in [0.3, 0.4) is 0 Å². The van der Waals surface area contributed by atoms with Crippen molar-refractivity contribution < 1.29 is 4.92 Å². The van der Waals surface area contributed by atoms with E-state index in [1.807, 2.05) is 17.8 Å². The Bertz CT molecular complexity index is 470. The van der Waals surface area contributed by atoms with Crippen LogP contribution in [-0.2, 0) is 0 Å². The van der Waals surface area contributed by atoms with Crippen molar-refractivity contribution in [3.8, 4) is 0 Å². The van der Waals surface area contributed by atoms with E-state index < -0.39 is 0 Å². The van der Waals surface area contributed by atoms with Crippen LogP contribution in [0.1, 0.15) is 26.2 Å². The minimum absolute atomic E-state index is 0.154. The molecule has 4 nitrogen and oxygen atoms in total. The van der Waals surface area contributed by atoms with Gasteiger partial charge in [-0.3, -0.25) is 10.1 Å². The summed E-state index contributed by atoms with van der Waals surface area (Å²) < 4.78 is 0.915. The second-order valence-electron chi connectivity index (χ2n) is 4.65. The lowest BCUT2D eigenvalue weighted by atomic mass is 10.2. The Morgan fingerprint density at radius 2 is 2.32 bits per heavy atom. The normalized spacial score (nSPS) is 22.4. The molecular formula is C13H17IN2O2S. The Morgan fingerprint density at radius 3 is 2.95 bits per heavy atom. The Morgan fingerprint density at radius 1 is 1.53 bits per heavy atom. The number of nitrogens with one attached hydrogen (secondary N) is 1. The highest BCUT2D eigenvalue weighted by Crippen LogP contribution is 2.33. The second kappa shape index (κ2) is 6.78. The van der Waals surface area contributed by atoms with Gasteiger partial charge in [0, 0.05) is 32.7 Å². The average molecular weight is 392 g/mol. The summed E-state index contributed by atoms with van der Waals surface area (Å²) in [5, 5.41) is 15.0. The maximum absolute atomic E-state index is 10.7. The average Bonchev–Trinajstić information content (AvgIpc) is 2.79. The van der Waals surface area contributed by atoms with Crippen molar-refractivity contribution in [3.63, 3.8) is 0 Å². The van der Waals surface area contributed by atoms with Crippen molar-refractivity contribution in [2.75, 3.05) is 11.1 Å². The van der Waals surface area contributed by atoms with Crippen LogP contribution in [-0.4, -0.2) is 22.0 Å². The molecular weight excluding hydrogens is 375 g/mol. The predicted octanol–water partition coefficient (Wildman–Crippen LogP) is 4.29. The zero-order chi connectivity index (χ0) is 13.8. The second-order valence-corrected chi connectivity index (χ2v) is 7.39.